The van der Waals surface area contributed by atoms with Gasteiger partial charge in [0.15, 0.2) is 5.82 Å². The molecule has 0 spiro atoms. The summed E-state index contributed by atoms with van der Waals surface area (Å²) >= 11 is 0. The number of rotatable bonds is 8. The van der Waals surface area contributed by atoms with Crippen molar-refractivity contribution in [2.45, 2.75) is 39.0 Å². The Morgan fingerprint density at radius 1 is 1.50 bits per heavy atom. The summed E-state index contributed by atoms with van der Waals surface area (Å²) in [5.41, 5.74) is 5.58. The minimum Gasteiger partial charge on any atom is -0.330 e. The van der Waals surface area contributed by atoms with Crippen LogP contribution in [0.2, 0.25) is 0 Å². The molecule has 0 aliphatic heterocycles. The van der Waals surface area contributed by atoms with Crippen molar-refractivity contribution in [3.8, 4) is 0 Å². The van der Waals surface area contributed by atoms with E-state index in [1.54, 1.807) is 10.7 Å². The van der Waals surface area contributed by atoms with Crippen LogP contribution < -0.4 is 11.1 Å². The van der Waals surface area contributed by atoms with Crippen molar-refractivity contribution in [2.24, 2.45) is 18.7 Å². The maximum atomic E-state index is 11.7. The molecule has 0 saturated heterocycles. The monoisotopic (exact) mass is 252 g/mol. The molecule has 1 aromatic heterocycles. The smallest absolute Gasteiger partial charge is 0.225 e. The summed E-state index contributed by atoms with van der Waals surface area (Å²) in [6.07, 6.45) is 6.56. The molecule has 3 N–H and O–H groups in total. The number of anilines is 1. The van der Waals surface area contributed by atoms with E-state index in [1.807, 2.05) is 13.2 Å². The molecule has 102 valence electrons. The molecule has 1 atom stereocenters. The second-order valence-corrected chi connectivity index (χ2v) is 4.69. The molecule has 0 bridgehead atoms. The van der Waals surface area contributed by atoms with Gasteiger partial charge in [0, 0.05) is 25.7 Å². The van der Waals surface area contributed by atoms with Gasteiger partial charge in [0.05, 0.1) is 0 Å². The van der Waals surface area contributed by atoms with Crippen LogP contribution in [-0.4, -0.2) is 22.2 Å². The topological polar surface area (TPSA) is 72.9 Å². The van der Waals surface area contributed by atoms with Crippen LogP contribution in [0.25, 0.3) is 0 Å². The third-order valence-electron chi connectivity index (χ3n) is 3.03. The van der Waals surface area contributed by atoms with Gasteiger partial charge in [-0.2, -0.15) is 5.10 Å². The van der Waals surface area contributed by atoms with E-state index in [9.17, 15) is 4.79 Å². The fourth-order valence-electron chi connectivity index (χ4n) is 2.10. The summed E-state index contributed by atoms with van der Waals surface area (Å²) in [6, 6.07) is 1.79. The van der Waals surface area contributed by atoms with Crippen molar-refractivity contribution in [3.05, 3.63) is 12.3 Å². The Hall–Kier alpha value is -1.36. The Kier molecular flexibility index (Phi) is 6.43. The minimum atomic E-state index is 0.0341. The number of hydrogen-bond donors (Lipinski definition) is 2. The standard InChI is InChI=1S/C13H24N4O/c1-3-4-11(7-9-14)5-6-13(18)15-12-8-10-17(2)16-12/h8,10-11H,3-7,9,14H2,1-2H3,(H,15,16,18). The van der Waals surface area contributed by atoms with Gasteiger partial charge in [0.2, 0.25) is 5.91 Å². The first-order valence-corrected chi connectivity index (χ1v) is 6.65. The molecule has 18 heavy (non-hydrogen) atoms. The Labute approximate surface area is 109 Å². The molecule has 0 aliphatic rings. The highest BCUT2D eigenvalue weighted by molar-refractivity contribution is 5.89. The lowest BCUT2D eigenvalue weighted by Crippen LogP contribution is -2.15. The number of amides is 1. The summed E-state index contributed by atoms with van der Waals surface area (Å²) in [5.74, 6) is 1.22. The van der Waals surface area contributed by atoms with Gasteiger partial charge in [-0.3, -0.25) is 9.48 Å². The van der Waals surface area contributed by atoms with Crippen LogP contribution in [0.15, 0.2) is 12.3 Å². The zero-order chi connectivity index (χ0) is 13.4. The van der Waals surface area contributed by atoms with Gasteiger partial charge in [-0.15, -0.1) is 0 Å². The minimum absolute atomic E-state index is 0.0341. The lowest BCUT2D eigenvalue weighted by molar-refractivity contribution is -0.116. The Morgan fingerprint density at radius 2 is 2.28 bits per heavy atom. The first kappa shape index (κ1) is 14.7. The quantitative estimate of drug-likeness (QED) is 0.742. The lowest BCUT2D eigenvalue weighted by Gasteiger charge is -2.14. The molecule has 5 heteroatoms. The highest BCUT2D eigenvalue weighted by atomic mass is 16.1. The van der Waals surface area contributed by atoms with E-state index in [-0.39, 0.29) is 5.91 Å². The fourth-order valence-corrected chi connectivity index (χ4v) is 2.10. The SMILES string of the molecule is CCCC(CCN)CCC(=O)Nc1ccn(C)n1. The van der Waals surface area contributed by atoms with Crippen LogP contribution in [0, 0.1) is 5.92 Å². The normalized spacial score (nSPS) is 12.4. The van der Waals surface area contributed by atoms with Crippen LogP contribution in [0.3, 0.4) is 0 Å². The first-order chi connectivity index (χ1) is 8.65. The zero-order valence-electron chi connectivity index (χ0n) is 11.4. The average Bonchev–Trinajstić information content (AvgIpc) is 2.72. The number of nitrogens with zero attached hydrogens (tertiary/aromatic N) is 2. The molecule has 0 aromatic carbocycles. The van der Waals surface area contributed by atoms with Crippen LogP contribution >= 0.6 is 0 Å². The maximum absolute atomic E-state index is 11.7. The molecule has 5 nitrogen and oxygen atoms in total. The van der Waals surface area contributed by atoms with Crippen LogP contribution in [0.5, 0.6) is 0 Å². The van der Waals surface area contributed by atoms with Gasteiger partial charge in [-0.05, 0) is 25.3 Å². The van der Waals surface area contributed by atoms with E-state index in [2.05, 4.69) is 17.3 Å². The second-order valence-electron chi connectivity index (χ2n) is 4.69. The molecule has 0 radical (unpaired) electrons. The Balaban J connectivity index is 2.30. The van der Waals surface area contributed by atoms with Crippen molar-refractivity contribution in [3.63, 3.8) is 0 Å². The van der Waals surface area contributed by atoms with Crippen molar-refractivity contribution in [1.29, 1.82) is 0 Å². The number of hydrogen-bond acceptors (Lipinski definition) is 3. The summed E-state index contributed by atoms with van der Waals surface area (Å²) < 4.78 is 1.67. The first-order valence-electron chi connectivity index (χ1n) is 6.65. The van der Waals surface area contributed by atoms with Gasteiger partial charge < -0.3 is 11.1 Å². The van der Waals surface area contributed by atoms with E-state index in [0.717, 1.165) is 25.7 Å². The van der Waals surface area contributed by atoms with Crippen molar-refractivity contribution < 1.29 is 4.79 Å². The molecular formula is C13H24N4O. The number of aryl methyl sites for hydroxylation is 1. The maximum Gasteiger partial charge on any atom is 0.225 e. The van der Waals surface area contributed by atoms with E-state index in [4.69, 9.17) is 5.73 Å². The van der Waals surface area contributed by atoms with Crippen molar-refractivity contribution >= 4 is 11.7 Å². The van der Waals surface area contributed by atoms with E-state index in [0.29, 0.717) is 24.7 Å². The Bertz CT molecular complexity index is 356. The second kappa shape index (κ2) is 7.87. The molecule has 0 fully saturated rings. The molecule has 1 aromatic rings. The lowest BCUT2D eigenvalue weighted by atomic mass is 9.94. The van der Waals surface area contributed by atoms with Crippen LogP contribution in [-0.2, 0) is 11.8 Å². The molecule has 1 unspecified atom stereocenters. The van der Waals surface area contributed by atoms with Gasteiger partial charge in [0.1, 0.15) is 0 Å². The molecule has 0 aliphatic carbocycles. The van der Waals surface area contributed by atoms with E-state index >= 15 is 0 Å². The summed E-state index contributed by atoms with van der Waals surface area (Å²) in [4.78, 5) is 11.7. The molecule has 1 amide bonds. The predicted molar refractivity (Wildman–Crippen MR) is 73.1 cm³/mol. The molecule has 0 saturated carbocycles. The fraction of sp³-hybridized carbons (Fsp3) is 0.692. The largest absolute Gasteiger partial charge is 0.330 e. The number of carbonyl (C=O) groups excluding carboxylic acids is 1. The van der Waals surface area contributed by atoms with Gasteiger partial charge in [-0.1, -0.05) is 19.8 Å². The van der Waals surface area contributed by atoms with E-state index < -0.39 is 0 Å². The van der Waals surface area contributed by atoms with Crippen molar-refractivity contribution in [1.82, 2.24) is 9.78 Å². The predicted octanol–water partition coefficient (Wildman–Crippen LogP) is 1.90. The zero-order valence-corrected chi connectivity index (χ0v) is 11.4. The van der Waals surface area contributed by atoms with Crippen LogP contribution in [0.4, 0.5) is 5.82 Å². The highest BCUT2D eigenvalue weighted by Crippen LogP contribution is 2.17. The molecular weight excluding hydrogens is 228 g/mol. The van der Waals surface area contributed by atoms with Gasteiger partial charge in [0.25, 0.3) is 0 Å². The number of aromatic nitrogens is 2. The van der Waals surface area contributed by atoms with Crippen LogP contribution in [0.1, 0.15) is 39.0 Å². The Morgan fingerprint density at radius 3 is 2.83 bits per heavy atom. The summed E-state index contributed by atoms with van der Waals surface area (Å²) in [5, 5.41) is 6.92. The number of nitrogens with one attached hydrogen (secondary N) is 1. The third kappa shape index (κ3) is 5.31. The van der Waals surface area contributed by atoms with E-state index in [1.165, 1.54) is 0 Å². The number of carbonyl (C=O) groups is 1. The van der Waals surface area contributed by atoms with Gasteiger partial charge >= 0.3 is 0 Å². The van der Waals surface area contributed by atoms with Crippen molar-refractivity contribution in [2.75, 3.05) is 11.9 Å². The third-order valence-corrected chi connectivity index (χ3v) is 3.03. The summed E-state index contributed by atoms with van der Waals surface area (Å²) in [6.45, 7) is 2.87. The number of nitrogens with two attached hydrogens (primary N) is 1. The highest BCUT2D eigenvalue weighted by Gasteiger charge is 2.10. The van der Waals surface area contributed by atoms with Gasteiger partial charge in [-0.25, -0.2) is 0 Å². The summed E-state index contributed by atoms with van der Waals surface area (Å²) in [7, 11) is 1.83. The molecule has 1 rings (SSSR count). The average molecular weight is 252 g/mol. The molecule has 1 heterocycles.